The lowest BCUT2D eigenvalue weighted by Gasteiger charge is -2.17. The highest BCUT2D eigenvalue weighted by atomic mass is 16.2. The maximum absolute atomic E-state index is 12.9. The van der Waals surface area contributed by atoms with Crippen LogP contribution < -0.4 is 10.7 Å². The Labute approximate surface area is 172 Å². The highest BCUT2D eigenvalue weighted by Gasteiger charge is 2.16. The fourth-order valence-corrected chi connectivity index (χ4v) is 3.92. The van der Waals surface area contributed by atoms with Gasteiger partial charge in [-0.3, -0.25) is 9.59 Å². The Hall–Kier alpha value is -3.93. The number of aromatic amines is 1. The number of para-hydroxylation sites is 4. The molecule has 1 atom stereocenters. The first-order valence-corrected chi connectivity index (χ1v) is 9.86. The molecule has 2 N–H and O–H groups in total. The molecule has 30 heavy (non-hydrogen) atoms. The van der Waals surface area contributed by atoms with E-state index in [1.807, 2.05) is 72.2 Å². The number of hydrogen-bond acceptors (Lipinski definition) is 3. The number of imidazole rings is 1. The molecule has 0 spiro atoms. The van der Waals surface area contributed by atoms with E-state index in [2.05, 4.69) is 15.3 Å². The van der Waals surface area contributed by atoms with Gasteiger partial charge in [-0.2, -0.15) is 0 Å². The molecule has 0 bridgehead atoms. The largest absolute Gasteiger partial charge is 0.345 e. The number of hydrogen-bond donors (Lipinski definition) is 2. The molecule has 3 aromatic carbocycles. The van der Waals surface area contributed by atoms with Crippen LogP contribution in [-0.4, -0.2) is 20.4 Å². The van der Waals surface area contributed by atoms with Gasteiger partial charge in [0.05, 0.1) is 28.1 Å². The number of carbonyl (C=O) groups excluding carboxylic acids is 1. The quantitative estimate of drug-likeness (QED) is 0.452. The Morgan fingerprint density at radius 2 is 1.57 bits per heavy atom. The van der Waals surface area contributed by atoms with Crippen molar-refractivity contribution in [3.05, 3.63) is 88.8 Å². The summed E-state index contributed by atoms with van der Waals surface area (Å²) in [5.41, 5.74) is 3.27. The minimum atomic E-state index is -0.276. The van der Waals surface area contributed by atoms with Gasteiger partial charge in [0.2, 0.25) is 5.91 Å². The summed E-state index contributed by atoms with van der Waals surface area (Å²) in [6.07, 6.45) is 0. The van der Waals surface area contributed by atoms with E-state index in [1.54, 1.807) is 12.1 Å². The number of pyridine rings is 1. The van der Waals surface area contributed by atoms with Crippen molar-refractivity contribution in [3.63, 3.8) is 0 Å². The Kier molecular flexibility index (Phi) is 4.32. The number of amides is 1. The third-order valence-electron chi connectivity index (χ3n) is 5.38. The number of H-pyrrole nitrogens is 1. The number of nitrogens with one attached hydrogen (secondary N) is 2. The van der Waals surface area contributed by atoms with Crippen molar-refractivity contribution in [1.29, 1.82) is 0 Å². The van der Waals surface area contributed by atoms with Gasteiger partial charge in [-0.05, 0) is 43.3 Å². The summed E-state index contributed by atoms with van der Waals surface area (Å²) in [5, 5.41) is 4.23. The third kappa shape index (κ3) is 3.03. The highest BCUT2D eigenvalue weighted by Crippen LogP contribution is 2.20. The number of rotatable bonds is 4. The number of carbonyl (C=O) groups is 1. The van der Waals surface area contributed by atoms with E-state index in [-0.39, 0.29) is 23.9 Å². The van der Waals surface area contributed by atoms with Crippen molar-refractivity contribution in [1.82, 2.24) is 19.9 Å². The molecule has 6 nitrogen and oxygen atoms in total. The molecule has 2 aromatic heterocycles. The fourth-order valence-electron chi connectivity index (χ4n) is 3.92. The Balaban J connectivity index is 1.49. The lowest BCUT2D eigenvalue weighted by molar-refractivity contribution is -0.122. The zero-order valence-corrected chi connectivity index (χ0v) is 16.4. The van der Waals surface area contributed by atoms with E-state index in [0.717, 1.165) is 22.1 Å². The monoisotopic (exact) mass is 396 g/mol. The summed E-state index contributed by atoms with van der Waals surface area (Å²) in [6, 6.07) is 22.3. The minimum absolute atomic E-state index is 0.0199. The van der Waals surface area contributed by atoms with Crippen molar-refractivity contribution < 1.29 is 4.79 Å². The van der Waals surface area contributed by atoms with Gasteiger partial charge in [0.1, 0.15) is 12.4 Å². The van der Waals surface area contributed by atoms with E-state index in [4.69, 9.17) is 0 Å². The van der Waals surface area contributed by atoms with Gasteiger partial charge < -0.3 is 14.9 Å². The fraction of sp³-hybridized carbons (Fsp3) is 0.125. The Morgan fingerprint density at radius 3 is 2.23 bits per heavy atom. The van der Waals surface area contributed by atoms with E-state index in [1.165, 1.54) is 0 Å². The second-order valence-corrected chi connectivity index (χ2v) is 7.38. The second-order valence-electron chi connectivity index (χ2n) is 7.38. The third-order valence-corrected chi connectivity index (χ3v) is 5.38. The summed E-state index contributed by atoms with van der Waals surface area (Å²) in [4.78, 5) is 33.6. The highest BCUT2D eigenvalue weighted by molar-refractivity contribution is 5.94. The number of nitrogens with zero attached hydrogens (tertiary/aromatic N) is 2. The van der Waals surface area contributed by atoms with Crippen molar-refractivity contribution in [2.75, 3.05) is 0 Å². The van der Waals surface area contributed by atoms with Crippen molar-refractivity contribution in [3.8, 4) is 0 Å². The van der Waals surface area contributed by atoms with Crippen molar-refractivity contribution in [2.45, 2.75) is 19.5 Å². The standard InChI is InChI=1S/C24H20N4O2/c1-15(24-26-18-10-4-5-11-19(18)27-24)25-22(29)14-28-20-12-6-2-8-16(20)23(30)17-9-3-7-13-21(17)28/h2-13,15H,14H2,1H3,(H,25,29)(H,26,27)/t15-/m1/s1. The average molecular weight is 396 g/mol. The molecule has 6 heteroatoms. The van der Waals surface area contributed by atoms with E-state index >= 15 is 0 Å². The van der Waals surface area contributed by atoms with Crippen LogP contribution in [0.2, 0.25) is 0 Å². The van der Waals surface area contributed by atoms with Crippen LogP contribution in [0.15, 0.2) is 77.6 Å². The molecule has 0 saturated carbocycles. The maximum Gasteiger partial charge on any atom is 0.240 e. The minimum Gasteiger partial charge on any atom is -0.345 e. The second kappa shape index (κ2) is 7.15. The predicted octanol–water partition coefficient (Wildman–Crippen LogP) is 3.91. The van der Waals surface area contributed by atoms with Crippen LogP contribution in [-0.2, 0) is 11.3 Å². The van der Waals surface area contributed by atoms with Gasteiger partial charge in [0.15, 0.2) is 5.43 Å². The lowest BCUT2D eigenvalue weighted by atomic mass is 10.1. The van der Waals surface area contributed by atoms with Gasteiger partial charge >= 0.3 is 0 Å². The van der Waals surface area contributed by atoms with Crippen LogP contribution >= 0.6 is 0 Å². The molecule has 2 heterocycles. The molecular weight excluding hydrogens is 376 g/mol. The SMILES string of the molecule is C[C@@H](NC(=O)Cn1c2ccccc2c(=O)c2ccccc21)c1nc2ccccc2[nH]1. The zero-order valence-electron chi connectivity index (χ0n) is 16.4. The number of aromatic nitrogens is 3. The van der Waals surface area contributed by atoms with Crippen LogP contribution in [0.25, 0.3) is 32.8 Å². The van der Waals surface area contributed by atoms with E-state index in [0.29, 0.717) is 16.6 Å². The molecule has 0 aliphatic carbocycles. The summed E-state index contributed by atoms with van der Waals surface area (Å²) in [7, 11) is 0. The topological polar surface area (TPSA) is 79.8 Å². The predicted molar refractivity (Wildman–Crippen MR) is 118 cm³/mol. The molecule has 0 saturated heterocycles. The Morgan fingerprint density at radius 1 is 0.967 bits per heavy atom. The van der Waals surface area contributed by atoms with Gasteiger partial charge in [-0.1, -0.05) is 36.4 Å². The van der Waals surface area contributed by atoms with Crippen molar-refractivity contribution >= 4 is 38.7 Å². The molecule has 0 radical (unpaired) electrons. The summed E-state index contributed by atoms with van der Waals surface area (Å²) in [5.74, 6) is 0.557. The molecule has 0 aliphatic heterocycles. The Bertz CT molecular complexity index is 1370. The molecule has 0 aliphatic rings. The van der Waals surface area contributed by atoms with E-state index in [9.17, 15) is 9.59 Å². The van der Waals surface area contributed by atoms with E-state index < -0.39 is 0 Å². The number of fused-ring (bicyclic) bond motifs is 3. The summed E-state index contributed by atoms with van der Waals surface area (Å²) < 4.78 is 1.90. The molecule has 5 rings (SSSR count). The normalized spacial score (nSPS) is 12.4. The molecular formula is C24H20N4O2. The number of benzene rings is 3. The molecule has 0 unspecified atom stereocenters. The first-order chi connectivity index (χ1) is 14.6. The van der Waals surface area contributed by atoms with Crippen LogP contribution in [0.5, 0.6) is 0 Å². The summed E-state index contributed by atoms with van der Waals surface area (Å²) >= 11 is 0. The first-order valence-electron chi connectivity index (χ1n) is 9.86. The molecule has 5 aromatic rings. The van der Waals surface area contributed by atoms with Gasteiger partial charge in [-0.25, -0.2) is 4.98 Å². The molecule has 0 fully saturated rings. The van der Waals surface area contributed by atoms with Crippen LogP contribution in [0.4, 0.5) is 0 Å². The first kappa shape index (κ1) is 18.1. The zero-order chi connectivity index (χ0) is 20.7. The van der Waals surface area contributed by atoms with Crippen LogP contribution in [0.3, 0.4) is 0 Å². The molecule has 1 amide bonds. The maximum atomic E-state index is 12.9. The molecule has 148 valence electrons. The van der Waals surface area contributed by atoms with Gasteiger partial charge in [0, 0.05) is 10.8 Å². The summed E-state index contributed by atoms with van der Waals surface area (Å²) in [6.45, 7) is 2.00. The van der Waals surface area contributed by atoms with Crippen LogP contribution in [0, 0.1) is 0 Å². The van der Waals surface area contributed by atoms with Gasteiger partial charge in [0.25, 0.3) is 0 Å². The smallest absolute Gasteiger partial charge is 0.240 e. The van der Waals surface area contributed by atoms with Crippen LogP contribution in [0.1, 0.15) is 18.8 Å². The van der Waals surface area contributed by atoms with Crippen molar-refractivity contribution in [2.24, 2.45) is 0 Å². The van der Waals surface area contributed by atoms with Gasteiger partial charge in [-0.15, -0.1) is 0 Å². The average Bonchev–Trinajstić information content (AvgIpc) is 3.21. The lowest BCUT2D eigenvalue weighted by Crippen LogP contribution is -2.31.